The minimum atomic E-state index is -0.435. The maximum absolute atomic E-state index is 6.15. The summed E-state index contributed by atoms with van der Waals surface area (Å²) in [5.74, 6) is 1.22. The maximum atomic E-state index is 6.15. The largest absolute Gasteiger partial charge is 0.453 e. The zero-order valence-electron chi connectivity index (χ0n) is 15.7. The van der Waals surface area contributed by atoms with Crippen molar-refractivity contribution in [2.45, 2.75) is 5.60 Å². The third-order valence-corrected chi connectivity index (χ3v) is 5.53. The molecule has 6 rings (SSSR count). The molecule has 0 bridgehead atoms. The van der Waals surface area contributed by atoms with Crippen molar-refractivity contribution in [3.05, 3.63) is 59.9 Å². The molecule has 0 amide bonds. The number of furan rings is 1. The van der Waals surface area contributed by atoms with Gasteiger partial charge in [-0.15, -0.1) is 0 Å². The average molecular weight is 385 g/mol. The van der Waals surface area contributed by atoms with Crippen molar-refractivity contribution in [2.24, 2.45) is 4.99 Å². The molecule has 0 saturated carbocycles. The van der Waals surface area contributed by atoms with Gasteiger partial charge in [0.15, 0.2) is 11.6 Å². The molecular weight excluding hydrogens is 366 g/mol. The van der Waals surface area contributed by atoms with Gasteiger partial charge in [0, 0.05) is 36.5 Å². The van der Waals surface area contributed by atoms with Crippen LogP contribution in [0.3, 0.4) is 0 Å². The quantitative estimate of drug-likeness (QED) is 0.553. The molecule has 0 aliphatic carbocycles. The molecule has 1 saturated heterocycles. The Morgan fingerprint density at radius 2 is 2.07 bits per heavy atom. The number of aromatic amines is 1. The first-order valence-corrected chi connectivity index (χ1v) is 9.71. The first-order valence-electron chi connectivity index (χ1n) is 9.71. The van der Waals surface area contributed by atoms with E-state index in [9.17, 15) is 0 Å². The van der Waals surface area contributed by atoms with E-state index >= 15 is 0 Å². The summed E-state index contributed by atoms with van der Waals surface area (Å²) >= 11 is 0. The minimum absolute atomic E-state index is 0.435. The van der Waals surface area contributed by atoms with Gasteiger partial charge in [0.25, 0.3) is 0 Å². The summed E-state index contributed by atoms with van der Waals surface area (Å²) in [4.78, 5) is 17.2. The third kappa shape index (κ3) is 2.70. The lowest BCUT2D eigenvalue weighted by atomic mass is 9.93. The summed E-state index contributed by atoms with van der Waals surface area (Å²) in [7, 11) is 0. The smallest absolute Gasteiger partial charge is 0.196 e. The van der Waals surface area contributed by atoms with Gasteiger partial charge in [-0.25, -0.2) is 9.97 Å². The lowest BCUT2D eigenvalue weighted by Crippen LogP contribution is -2.51. The first-order chi connectivity index (χ1) is 14.3. The standard InChI is InChI=1S/C22H19N5O2/c1-2-4-18-14(3-1)10-19(29-18)21-25-6-5-16(27-21)17-9-15-11-24-13-22(20(15)26-17)12-23-7-8-28-22/h1-6,9-11,23,26H,7-8,12-13H2. The second-order valence-corrected chi connectivity index (χ2v) is 7.42. The molecular formula is C22H19N5O2. The van der Waals surface area contributed by atoms with E-state index in [1.807, 2.05) is 42.6 Å². The maximum Gasteiger partial charge on any atom is 0.196 e. The number of ether oxygens (including phenoxy) is 1. The average Bonchev–Trinajstić information content (AvgIpc) is 3.40. The Labute approximate surface area is 166 Å². The van der Waals surface area contributed by atoms with E-state index in [1.165, 1.54) is 0 Å². The van der Waals surface area contributed by atoms with Gasteiger partial charge in [-0.3, -0.25) is 4.99 Å². The van der Waals surface area contributed by atoms with Crippen LogP contribution in [0.15, 0.2) is 58.1 Å². The second kappa shape index (κ2) is 6.37. The van der Waals surface area contributed by atoms with Crippen LogP contribution in [0.4, 0.5) is 0 Å². The van der Waals surface area contributed by atoms with Gasteiger partial charge in [-0.2, -0.15) is 0 Å². The van der Waals surface area contributed by atoms with Gasteiger partial charge in [-0.1, -0.05) is 18.2 Å². The molecule has 2 aliphatic heterocycles. The number of hydrogen-bond donors (Lipinski definition) is 2. The van der Waals surface area contributed by atoms with E-state index in [0.717, 1.165) is 46.7 Å². The molecule has 1 unspecified atom stereocenters. The van der Waals surface area contributed by atoms with E-state index in [1.54, 1.807) is 6.20 Å². The van der Waals surface area contributed by atoms with Crippen molar-refractivity contribution in [2.75, 3.05) is 26.2 Å². The summed E-state index contributed by atoms with van der Waals surface area (Å²) in [6.07, 6.45) is 3.66. The molecule has 7 heteroatoms. The van der Waals surface area contributed by atoms with Gasteiger partial charge in [0.05, 0.1) is 30.2 Å². The Bertz CT molecular complexity index is 1200. The van der Waals surface area contributed by atoms with Crippen LogP contribution in [0.1, 0.15) is 11.3 Å². The summed E-state index contributed by atoms with van der Waals surface area (Å²) < 4.78 is 12.1. The number of rotatable bonds is 2. The van der Waals surface area contributed by atoms with Crippen LogP contribution < -0.4 is 5.32 Å². The zero-order valence-corrected chi connectivity index (χ0v) is 15.7. The number of para-hydroxylation sites is 1. The highest BCUT2D eigenvalue weighted by molar-refractivity contribution is 5.86. The fourth-order valence-corrected chi connectivity index (χ4v) is 4.10. The molecule has 144 valence electrons. The monoisotopic (exact) mass is 385 g/mol. The van der Waals surface area contributed by atoms with Crippen LogP contribution >= 0.6 is 0 Å². The van der Waals surface area contributed by atoms with Crippen molar-refractivity contribution in [3.63, 3.8) is 0 Å². The van der Waals surface area contributed by atoms with E-state index in [2.05, 4.69) is 26.3 Å². The Balaban J connectivity index is 1.41. The number of hydrogen-bond acceptors (Lipinski definition) is 6. The van der Waals surface area contributed by atoms with Crippen molar-refractivity contribution in [1.29, 1.82) is 0 Å². The highest BCUT2D eigenvalue weighted by Crippen LogP contribution is 2.35. The van der Waals surface area contributed by atoms with Crippen LogP contribution in [0, 0.1) is 0 Å². The van der Waals surface area contributed by atoms with Gasteiger partial charge < -0.3 is 19.5 Å². The van der Waals surface area contributed by atoms with Crippen LogP contribution in [0.2, 0.25) is 0 Å². The van der Waals surface area contributed by atoms with Gasteiger partial charge in [0.2, 0.25) is 0 Å². The number of nitrogens with zero attached hydrogens (tertiary/aromatic N) is 3. The summed E-state index contributed by atoms with van der Waals surface area (Å²) in [5, 5.41) is 4.46. The number of benzene rings is 1. The Kier molecular flexibility index (Phi) is 3.65. The lowest BCUT2D eigenvalue weighted by Gasteiger charge is -2.38. The van der Waals surface area contributed by atoms with Crippen LogP contribution in [0.25, 0.3) is 33.9 Å². The predicted molar refractivity (Wildman–Crippen MR) is 110 cm³/mol. The number of H-pyrrole nitrogens is 1. The third-order valence-electron chi connectivity index (χ3n) is 5.53. The SMILES string of the molecule is C1=NCC2(CNCCO2)c2[nH]c(-c3ccnc(-c4cc5ccccc5o4)n3)cc21. The second-order valence-electron chi connectivity index (χ2n) is 7.42. The zero-order chi connectivity index (χ0) is 19.3. The molecule has 29 heavy (non-hydrogen) atoms. The molecule has 2 N–H and O–H groups in total. The van der Waals surface area contributed by atoms with Crippen molar-refractivity contribution in [3.8, 4) is 23.0 Å². The van der Waals surface area contributed by atoms with E-state index in [0.29, 0.717) is 24.7 Å². The van der Waals surface area contributed by atoms with E-state index in [-0.39, 0.29) is 0 Å². The molecule has 1 spiro atoms. The van der Waals surface area contributed by atoms with Crippen molar-refractivity contribution >= 4 is 17.2 Å². The summed E-state index contributed by atoms with van der Waals surface area (Å²) in [5.41, 5.74) is 4.20. The molecule has 7 nitrogen and oxygen atoms in total. The summed E-state index contributed by atoms with van der Waals surface area (Å²) in [6, 6.07) is 13.8. The number of fused-ring (bicyclic) bond motifs is 3. The lowest BCUT2D eigenvalue weighted by molar-refractivity contribution is -0.0672. The van der Waals surface area contributed by atoms with Gasteiger partial charge >= 0.3 is 0 Å². The summed E-state index contributed by atoms with van der Waals surface area (Å²) in [6.45, 7) is 2.89. The Morgan fingerprint density at radius 3 is 2.97 bits per heavy atom. The van der Waals surface area contributed by atoms with Crippen LogP contribution in [-0.4, -0.2) is 47.4 Å². The normalized spacial score (nSPS) is 21.0. The molecule has 3 aromatic heterocycles. The van der Waals surface area contributed by atoms with Crippen molar-refractivity contribution in [1.82, 2.24) is 20.3 Å². The van der Waals surface area contributed by atoms with E-state index in [4.69, 9.17) is 14.1 Å². The highest BCUT2D eigenvalue weighted by atomic mass is 16.5. The molecule has 1 atom stereocenters. The fourth-order valence-electron chi connectivity index (χ4n) is 4.10. The number of aromatic nitrogens is 3. The topological polar surface area (TPSA) is 88.3 Å². The number of morpholine rings is 1. The first kappa shape index (κ1) is 16.6. The van der Waals surface area contributed by atoms with Crippen LogP contribution in [0.5, 0.6) is 0 Å². The molecule has 0 radical (unpaired) electrons. The molecule has 4 aromatic rings. The fraction of sp³-hybridized carbons (Fsp3) is 0.227. The molecule has 5 heterocycles. The number of aliphatic imine (C=N–C) groups is 1. The number of nitrogens with one attached hydrogen (secondary N) is 2. The van der Waals surface area contributed by atoms with Crippen molar-refractivity contribution < 1.29 is 9.15 Å². The highest BCUT2D eigenvalue weighted by Gasteiger charge is 2.40. The van der Waals surface area contributed by atoms with E-state index < -0.39 is 5.60 Å². The molecule has 1 fully saturated rings. The molecule has 1 aromatic carbocycles. The Hall–Kier alpha value is -3.29. The minimum Gasteiger partial charge on any atom is -0.453 e. The Morgan fingerprint density at radius 1 is 1.10 bits per heavy atom. The van der Waals surface area contributed by atoms with Gasteiger partial charge in [-0.05, 0) is 24.3 Å². The van der Waals surface area contributed by atoms with Gasteiger partial charge in [0.1, 0.15) is 11.2 Å². The van der Waals surface area contributed by atoms with Crippen LogP contribution in [-0.2, 0) is 10.3 Å². The predicted octanol–water partition coefficient (Wildman–Crippen LogP) is 3.13. The molecule has 2 aliphatic rings.